The highest BCUT2D eigenvalue weighted by Crippen LogP contribution is 2.25. The van der Waals surface area contributed by atoms with Crippen LogP contribution in [0.2, 0.25) is 5.02 Å². The second-order valence-corrected chi connectivity index (χ2v) is 5.74. The zero-order valence-corrected chi connectivity index (χ0v) is 12.1. The van der Waals surface area contributed by atoms with Crippen LogP contribution in [0.1, 0.15) is 32.1 Å². The largest absolute Gasteiger partial charge is 0.278 e. The normalized spacial score (nSPS) is 16.9. The summed E-state index contributed by atoms with van der Waals surface area (Å²) in [4.78, 5) is 4.32. The molecular formula is C16H18ClN3. The number of hydrazone groups is 1. The van der Waals surface area contributed by atoms with Crippen LogP contribution >= 0.6 is 11.6 Å². The molecule has 1 aromatic carbocycles. The van der Waals surface area contributed by atoms with Gasteiger partial charge in [0, 0.05) is 22.8 Å². The van der Waals surface area contributed by atoms with Crippen LogP contribution in [0.3, 0.4) is 0 Å². The van der Waals surface area contributed by atoms with Gasteiger partial charge in [-0.2, -0.15) is 5.10 Å². The van der Waals surface area contributed by atoms with Crippen molar-refractivity contribution >= 4 is 34.4 Å². The monoisotopic (exact) mass is 287 g/mol. The van der Waals surface area contributed by atoms with E-state index in [9.17, 15) is 0 Å². The minimum Gasteiger partial charge on any atom is -0.278 e. The number of benzene rings is 1. The average molecular weight is 288 g/mol. The van der Waals surface area contributed by atoms with E-state index in [1.165, 1.54) is 32.1 Å². The molecule has 0 radical (unpaired) electrons. The minimum atomic E-state index is 0.624. The first kappa shape index (κ1) is 13.4. The first-order valence-electron chi connectivity index (χ1n) is 7.16. The quantitative estimate of drug-likeness (QED) is 0.646. The number of nitrogens with one attached hydrogen (secondary N) is 1. The van der Waals surface area contributed by atoms with Gasteiger partial charge in [-0.1, -0.05) is 30.9 Å². The van der Waals surface area contributed by atoms with Gasteiger partial charge in [-0.05, 0) is 43.0 Å². The molecule has 104 valence electrons. The zero-order valence-electron chi connectivity index (χ0n) is 11.3. The van der Waals surface area contributed by atoms with Gasteiger partial charge in [0.1, 0.15) is 0 Å². The van der Waals surface area contributed by atoms with E-state index in [0.717, 1.165) is 16.6 Å². The number of pyridine rings is 1. The summed E-state index contributed by atoms with van der Waals surface area (Å²) in [5, 5.41) is 6.14. The van der Waals surface area contributed by atoms with Crippen molar-refractivity contribution in [3.8, 4) is 0 Å². The second kappa shape index (κ2) is 6.23. The molecule has 0 spiro atoms. The van der Waals surface area contributed by atoms with Gasteiger partial charge >= 0.3 is 0 Å². The van der Waals surface area contributed by atoms with E-state index in [1.54, 1.807) is 6.20 Å². The van der Waals surface area contributed by atoms with Gasteiger partial charge < -0.3 is 0 Å². The molecule has 3 nitrogen and oxygen atoms in total. The van der Waals surface area contributed by atoms with E-state index in [1.807, 2.05) is 24.3 Å². The highest BCUT2D eigenvalue weighted by Gasteiger charge is 2.10. The van der Waals surface area contributed by atoms with Gasteiger partial charge in [0.15, 0.2) is 0 Å². The number of hydrogen-bond donors (Lipinski definition) is 1. The molecule has 4 heteroatoms. The van der Waals surface area contributed by atoms with Crippen molar-refractivity contribution in [1.82, 2.24) is 4.98 Å². The van der Waals surface area contributed by atoms with Crippen LogP contribution in [0.4, 0.5) is 5.69 Å². The molecule has 3 rings (SSSR count). The third kappa shape index (κ3) is 3.10. The van der Waals surface area contributed by atoms with Gasteiger partial charge in [-0.25, -0.2) is 0 Å². The summed E-state index contributed by atoms with van der Waals surface area (Å²) in [5.41, 5.74) is 5.00. The van der Waals surface area contributed by atoms with E-state index >= 15 is 0 Å². The van der Waals surface area contributed by atoms with Crippen molar-refractivity contribution < 1.29 is 0 Å². The number of hydrogen-bond acceptors (Lipinski definition) is 3. The van der Waals surface area contributed by atoms with Gasteiger partial charge in [0.2, 0.25) is 0 Å². The third-order valence-electron chi connectivity index (χ3n) is 3.82. The van der Waals surface area contributed by atoms with E-state index < -0.39 is 0 Å². The van der Waals surface area contributed by atoms with E-state index in [0.29, 0.717) is 10.9 Å². The molecule has 1 saturated carbocycles. The van der Waals surface area contributed by atoms with Crippen LogP contribution in [0.5, 0.6) is 0 Å². The molecule has 1 N–H and O–H groups in total. The van der Waals surface area contributed by atoms with Gasteiger partial charge in [-0.3, -0.25) is 10.4 Å². The Balaban J connectivity index is 1.75. The Labute approximate surface area is 124 Å². The van der Waals surface area contributed by atoms with Crippen LogP contribution in [0, 0.1) is 5.92 Å². The van der Waals surface area contributed by atoms with Gasteiger partial charge in [0.05, 0.1) is 11.2 Å². The lowest BCUT2D eigenvalue weighted by atomic mass is 9.90. The number of anilines is 1. The number of fused-ring (bicyclic) bond motifs is 1. The fourth-order valence-electron chi connectivity index (χ4n) is 2.71. The smallest absolute Gasteiger partial charge is 0.0738 e. The molecule has 1 fully saturated rings. The molecular weight excluding hydrogens is 270 g/mol. The molecule has 1 aliphatic carbocycles. The Bertz CT molecular complexity index is 618. The van der Waals surface area contributed by atoms with Crippen molar-refractivity contribution in [3.05, 3.63) is 35.5 Å². The van der Waals surface area contributed by atoms with E-state index in [4.69, 9.17) is 11.6 Å². The van der Waals surface area contributed by atoms with Gasteiger partial charge in [-0.15, -0.1) is 0 Å². The molecule has 1 aromatic heterocycles. The first-order valence-corrected chi connectivity index (χ1v) is 7.54. The number of nitrogens with zero attached hydrogens (tertiary/aromatic N) is 2. The molecule has 20 heavy (non-hydrogen) atoms. The predicted molar refractivity (Wildman–Crippen MR) is 85.4 cm³/mol. The van der Waals surface area contributed by atoms with E-state index in [2.05, 4.69) is 21.7 Å². The molecule has 2 aromatic rings. The van der Waals surface area contributed by atoms with Crippen LogP contribution in [0.15, 0.2) is 35.6 Å². The summed E-state index contributed by atoms with van der Waals surface area (Å²) in [6.07, 6.45) is 10.4. The van der Waals surface area contributed by atoms with Crippen LogP contribution < -0.4 is 5.43 Å². The maximum atomic E-state index is 5.99. The fourth-order valence-corrected chi connectivity index (χ4v) is 2.88. The molecule has 0 amide bonds. The SMILES string of the molecule is Clc1ccc2c(N/N=C/C3CCCCC3)ccnc2c1. The fraction of sp³-hybridized carbons (Fsp3) is 0.375. The third-order valence-corrected chi connectivity index (χ3v) is 4.06. The molecule has 1 heterocycles. The Hall–Kier alpha value is -1.61. The van der Waals surface area contributed by atoms with E-state index in [-0.39, 0.29) is 0 Å². The molecule has 0 saturated heterocycles. The lowest BCUT2D eigenvalue weighted by molar-refractivity contribution is 0.445. The maximum absolute atomic E-state index is 5.99. The first-order chi connectivity index (χ1) is 9.83. The topological polar surface area (TPSA) is 37.3 Å². The molecule has 1 aliphatic rings. The number of rotatable bonds is 3. The standard InChI is InChI=1S/C16H18ClN3/c17-13-6-7-14-15(8-9-18-16(14)10-13)20-19-11-12-4-2-1-3-5-12/h6-12H,1-5H2,(H,18,20)/b19-11+. The molecule has 0 aliphatic heterocycles. The highest BCUT2D eigenvalue weighted by atomic mass is 35.5. The van der Waals surface area contributed by atoms with Crippen molar-refractivity contribution in [2.24, 2.45) is 11.0 Å². The summed E-state index contributed by atoms with van der Waals surface area (Å²) in [5.74, 6) is 0.624. The molecule has 0 atom stereocenters. The Morgan fingerprint density at radius 2 is 2.05 bits per heavy atom. The summed E-state index contributed by atoms with van der Waals surface area (Å²) < 4.78 is 0. The number of aromatic nitrogens is 1. The Kier molecular flexibility index (Phi) is 4.16. The molecule has 0 bridgehead atoms. The van der Waals surface area contributed by atoms with Crippen molar-refractivity contribution in [2.75, 3.05) is 5.43 Å². The van der Waals surface area contributed by atoms with Crippen LogP contribution in [-0.2, 0) is 0 Å². The summed E-state index contributed by atoms with van der Waals surface area (Å²) in [6, 6.07) is 7.66. The van der Waals surface area contributed by atoms with Crippen molar-refractivity contribution in [2.45, 2.75) is 32.1 Å². The second-order valence-electron chi connectivity index (χ2n) is 5.31. The molecule has 0 unspecified atom stereocenters. The van der Waals surface area contributed by atoms with Crippen molar-refractivity contribution in [1.29, 1.82) is 0 Å². The highest BCUT2D eigenvalue weighted by molar-refractivity contribution is 6.31. The predicted octanol–water partition coefficient (Wildman–Crippen LogP) is 4.87. The van der Waals surface area contributed by atoms with Gasteiger partial charge in [0.25, 0.3) is 0 Å². The van der Waals surface area contributed by atoms with Crippen LogP contribution in [0.25, 0.3) is 10.9 Å². The lowest BCUT2D eigenvalue weighted by Gasteiger charge is -2.16. The summed E-state index contributed by atoms with van der Waals surface area (Å²) in [6.45, 7) is 0. The number of halogens is 1. The average Bonchev–Trinajstić information content (AvgIpc) is 2.48. The van der Waals surface area contributed by atoms with Crippen LogP contribution in [-0.4, -0.2) is 11.2 Å². The maximum Gasteiger partial charge on any atom is 0.0738 e. The lowest BCUT2D eigenvalue weighted by Crippen LogP contribution is -2.08. The zero-order chi connectivity index (χ0) is 13.8. The Morgan fingerprint density at radius 3 is 2.90 bits per heavy atom. The summed E-state index contributed by atoms with van der Waals surface area (Å²) >= 11 is 5.99. The summed E-state index contributed by atoms with van der Waals surface area (Å²) in [7, 11) is 0. The Morgan fingerprint density at radius 1 is 1.20 bits per heavy atom. The minimum absolute atomic E-state index is 0.624. The van der Waals surface area contributed by atoms with Crippen molar-refractivity contribution in [3.63, 3.8) is 0 Å².